The highest BCUT2D eigenvalue weighted by atomic mass is 16.5. The number of anilines is 1. The molecule has 1 saturated carbocycles. The van der Waals surface area contributed by atoms with E-state index in [0.717, 1.165) is 49.5 Å². The molecule has 1 aliphatic carbocycles. The zero-order chi connectivity index (χ0) is 21.6. The Morgan fingerprint density at radius 1 is 1.06 bits per heavy atom. The molecular weight excluding hydrogens is 390 g/mol. The molecule has 31 heavy (non-hydrogen) atoms. The minimum Gasteiger partial charge on any atom is -0.493 e. The Kier molecular flexibility index (Phi) is 6.97. The van der Waals surface area contributed by atoms with E-state index < -0.39 is 0 Å². The Hall–Kier alpha value is -2.73. The fraction of sp³-hybridized carbons (Fsp3) is 0.480. The summed E-state index contributed by atoms with van der Waals surface area (Å²) in [6.07, 6.45) is 5.74. The van der Waals surface area contributed by atoms with E-state index in [0.29, 0.717) is 6.54 Å². The summed E-state index contributed by atoms with van der Waals surface area (Å²) in [5, 5.41) is 0. The van der Waals surface area contributed by atoms with Crippen LogP contribution >= 0.6 is 0 Å². The van der Waals surface area contributed by atoms with Crippen LogP contribution < -0.4 is 20.1 Å². The van der Waals surface area contributed by atoms with Gasteiger partial charge in [0.25, 0.3) is 0 Å². The maximum absolute atomic E-state index is 12.5. The van der Waals surface area contributed by atoms with Gasteiger partial charge < -0.3 is 25.0 Å². The molecule has 4 rings (SSSR count). The van der Waals surface area contributed by atoms with Crippen LogP contribution in [0.5, 0.6) is 11.5 Å². The first-order valence-corrected chi connectivity index (χ1v) is 11.3. The molecule has 2 aliphatic rings. The predicted octanol–water partition coefficient (Wildman–Crippen LogP) is 3.24. The third kappa shape index (κ3) is 5.13. The number of methoxy groups -OCH3 is 1. The quantitative estimate of drug-likeness (QED) is 0.741. The molecular formula is C25H33N3O3. The molecule has 1 heterocycles. The fourth-order valence-electron chi connectivity index (χ4n) is 4.74. The molecule has 1 saturated heterocycles. The first-order valence-electron chi connectivity index (χ1n) is 11.3. The van der Waals surface area contributed by atoms with E-state index in [4.69, 9.17) is 15.2 Å². The van der Waals surface area contributed by atoms with Crippen LogP contribution in [0.3, 0.4) is 0 Å². The van der Waals surface area contributed by atoms with Crippen molar-refractivity contribution in [1.29, 1.82) is 0 Å². The van der Waals surface area contributed by atoms with Crippen LogP contribution in [-0.4, -0.2) is 56.2 Å². The van der Waals surface area contributed by atoms with Gasteiger partial charge in [0.1, 0.15) is 0 Å². The van der Waals surface area contributed by atoms with Crippen molar-refractivity contribution < 1.29 is 14.3 Å². The Balaban J connectivity index is 1.54. The summed E-state index contributed by atoms with van der Waals surface area (Å²) in [6, 6.07) is 16.6. The van der Waals surface area contributed by atoms with Crippen molar-refractivity contribution in [1.82, 2.24) is 4.90 Å². The number of hydrogen-bond acceptors (Lipinski definition) is 5. The second-order valence-electron chi connectivity index (χ2n) is 8.44. The maximum Gasteiger partial charge on any atom is 0.236 e. The molecule has 2 N–H and O–H groups in total. The lowest BCUT2D eigenvalue weighted by Gasteiger charge is -2.42. The van der Waals surface area contributed by atoms with Gasteiger partial charge in [-0.15, -0.1) is 0 Å². The monoisotopic (exact) mass is 423 g/mol. The summed E-state index contributed by atoms with van der Waals surface area (Å²) in [6.45, 7) is 2.24. The van der Waals surface area contributed by atoms with Gasteiger partial charge >= 0.3 is 0 Å². The third-order valence-corrected chi connectivity index (χ3v) is 6.40. The Bertz CT molecular complexity index is 868. The highest BCUT2D eigenvalue weighted by Crippen LogP contribution is 2.35. The van der Waals surface area contributed by atoms with Gasteiger partial charge in [-0.25, -0.2) is 0 Å². The van der Waals surface area contributed by atoms with Crippen LogP contribution in [0.1, 0.15) is 31.2 Å². The van der Waals surface area contributed by atoms with Crippen molar-refractivity contribution in [3.8, 4) is 11.5 Å². The minimum absolute atomic E-state index is 0.0144. The molecule has 0 bridgehead atoms. The van der Waals surface area contributed by atoms with Crippen LogP contribution in [0.2, 0.25) is 0 Å². The van der Waals surface area contributed by atoms with Crippen molar-refractivity contribution in [2.75, 3.05) is 38.2 Å². The summed E-state index contributed by atoms with van der Waals surface area (Å²) in [5.74, 6) is 1.60. The van der Waals surface area contributed by atoms with Crippen molar-refractivity contribution >= 4 is 11.6 Å². The van der Waals surface area contributed by atoms with Crippen LogP contribution in [-0.2, 0) is 11.2 Å². The molecule has 1 atom stereocenters. The second-order valence-corrected chi connectivity index (χ2v) is 8.44. The molecule has 0 aromatic heterocycles. The molecule has 1 unspecified atom stereocenters. The second kappa shape index (κ2) is 10.1. The molecule has 0 radical (unpaired) electrons. The number of nitrogens with two attached hydrogens (primary N) is 1. The maximum atomic E-state index is 12.5. The van der Waals surface area contributed by atoms with E-state index in [2.05, 4.69) is 29.2 Å². The summed E-state index contributed by atoms with van der Waals surface area (Å²) in [4.78, 5) is 16.8. The van der Waals surface area contributed by atoms with Gasteiger partial charge in [0.15, 0.2) is 11.5 Å². The highest BCUT2D eigenvalue weighted by Gasteiger charge is 2.30. The number of hydrogen-bond donors (Lipinski definition) is 1. The lowest BCUT2D eigenvalue weighted by Crippen LogP contribution is -2.57. The first kappa shape index (κ1) is 21.5. The van der Waals surface area contributed by atoms with Gasteiger partial charge in [0, 0.05) is 31.4 Å². The number of nitrogens with zero attached hydrogens (tertiary/aromatic N) is 2. The van der Waals surface area contributed by atoms with E-state index in [1.807, 2.05) is 29.2 Å². The topological polar surface area (TPSA) is 68.0 Å². The normalized spacial score (nSPS) is 19.5. The lowest BCUT2D eigenvalue weighted by molar-refractivity contribution is -0.132. The molecule has 2 aromatic carbocycles. The molecule has 0 spiro atoms. The van der Waals surface area contributed by atoms with E-state index in [1.165, 1.54) is 18.4 Å². The van der Waals surface area contributed by atoms with Crippen molar-refractivity contribution in [3.63, 3.8) is 0 Å². The van der Waals surface area contributed by atoms with Crippen molar-refractivity contribution in [2.45, 2.75) is 44.2 Å². The lowest BCUT2D eigenvalue weighted by atomic mass is 10.0. The van der Waals surface area contributed by atoms with Crippen molar-refractivity contribution in [3.05, 3.63) is 54.1 Å². The van der Waals surface area contributed by atoms with Crippen molar-refractivity contribution in [2.24, 2.45) is 5.73 Å². The van der Waals surface area contributed by atoms with E-state index in [9.17, 15) is 4.79 Å². The van der Waals surface area contributed by atoms with Gasteiger partial charge in [0.2, 0.25) is 5.91 Å². The van der Waals surface area contributed by atoms with Crippen LogP contribution in [0.25, 0.3) is 0 Å². The zero-order valence-corrected chi connectivity index (χ0v) is 18.3. The van der Waals surface area contributed by atoms with Gasteiger partial charge in [0.05, 0.1) is 25.8 Å². The predicted molar refractivity (Wildman–Crippen MR) is 123 cm³/mol. The van der Waals surface area contributed by atoms with Crippen LogP contribution in [0.15, 0.2) is 48.5 Å². The third-order valence-electron chi connectivity index (χ3n) is 6.40. The Morgan fingerprint density at radius 3 is 2.55 bits per heavy atom. The number of carbonyl (C=O) groups excluding carboxylic acids is 1. The van der Waals surface area contributed by atoms with E-state index in [-0.39, 0.29) is 24.6 Å². The SMILES string of the molecule is COc1ccc(N2CCN(C(=O)CN)C(Cc3ccccc3)C2)cc1OC1CCCC1. The average molecular weight is 424 g/mol. The molecule has 2 aromatic rings. The Morgan fingerprint density at radius 2 is 1.84 bits per heavy atom. The van der Waals surface area contributed by atoms with E-state index in [1.54, 1.807) is 7.11 Å². The standard InChI is InChI=1S/C25H33N3O3/c1-30-23-12-11-20(16-24(23)31-22-9-5-6-10-22)27-13-14-28(25(29)17-26)21(18-27)15-19-7-3-2-4-8-19/h2-4,7-8,11-12,16,21-22H,5-6,9-10,13-15,17-18,26H2,1H3. The number of rotatable bonds is 7. The van der Waals surface area contributed by atoms with Gasteiger partial charge in [-0.3, -0.25) is 4.79 Å². The van der Waals surface area contributed by atoms with Crippen LogP contribution in [0.4, 0.5) is 5.69 Å². The van der Waals surface area contributed by atoms with Gasteiger partial charge in [-0.05, 0) is 49.8 Å². The summed E-state index contributed by atoms with van der Waals surface area (Å²) >= 11 is 0. The summed E-state index contributed by atoms with van der Waals surface area (Å²) in [5.41, 5.74) is 8.03. The number of carbonyl (C=O) groups is 1. The Labute approximate surface area is 184 Å². The summed E-state index contributed by atoms with van der Waals surface area (Å²) < 4.78 is 11.8. The number of piperazine rings is 1. The molecule has 6 heteroatoms. The van der Waals surface area contributed by atoms with E-state index >= 15 is 0 Å². The van der Waals surface area contributed by atoms with Gasteiger partial charge in [-0.1, -0.05) is 30.3 Å². The van der Waals surface area contributed by atoms with Crippen LogP contribution in [0, 0.1) is 0 Å². The van der Waals surface area contributed by atoms with Gasteiger partial charge in [-0.2, -0.15) is 0 Å². The first-order chi connectivity index (χ1) is 15.2. The largest absolute Gasteiger partial charge is 0.493 e. The fourth-order valence-corrected chi connectivity index (χ4v) is 4.74. The average Bonchev–Trinajstić information content (AvgIpc) is 3.32. The number of amides is 1. The number of ether oxygens (including phenoxy) is 2. The molecule has 2 fully saturated rings. The number of benzene rings is 2. The molecule has 6 nitrogen and oxygen atoms in total. The molecule has 1 aliphatic heterocycles. The molecule has 1 amide bonds. The summed E-state index contributed by atoms with van der Waals surface area (Å²) in [7, 11) is 1.68. The minimum atomic E-state index is 0.0144. The molecule has 166 valence electrons. The smallest absolute Gasteiger partial charge is 0.236 e. The highest BCUT2D eigenvalue weighted by molar-refractivity contribution is 5.79. The zero-order valence-electron chi connectivity index (χ0n) is 18.3.